The molecule has 1 N–H and O–H groups in total. The minimum atomic E-state index is -0.851. The van der Waals surface area contributed by atoms with Crippen LogP contribution in [0.3, 0.4) is 0 Å². The normalized spacial score (nSPS) is 16.7. The van der Waals surface area contributed by atoms with Gasteiger partial charge >= 0.3 is 0 Å². The molecule has 1 atom stereocenters. The van der Waals surface area contributed by atoms with Crippen molar-refractivity contribution in [2.24, 2.45) is 0 Å². The zero-order valence-electron chi connectivity index (χ0n) is 20.0. The lowest BCUT2D eigenvalue weighted by atomic mass is 9.95. The maximum Gasteiger partial charge on any atom is 0.300 e. The van der Waals surface area contributed by atoms with Gasteiger partial charge in [0.2, 0.25) is 0 Å². The van der Waals surface area contributed by atoms with E-state index in [1.165, 1.54) is 4.90 Å². The third-order valence-electron chi connectivity index (χ3n) is 6.24. The third-order valence-corrected chi connectivity index (χ3v) is 6.47. The summed E-state index contributed by atoms with van der Waals surface area (Å²) in [5, 5.41) is 11.8. The Morgan fingerprint density at radius 1 is 0.973 bits per heavy atom. The van der Waals surface area contributed by atoms with Crippen molar-refractivity contribution in [3.8, 4) is 5.75 Å². The van der Waals surface area contributed by atoms with Gasteiger partial charge in [-0.1, -0.05) is 48.0 Å². The Morgan fingerprint density at radius 3 is 2.43 bits per heavy atom. The van der Waals surface area contributed by atoms with Crippen LogP contribution in [-0.4, -0.2) is 21.8 Å². The molecule has 1 amide bonds. The van der Waals surface area contributed by atoms with Crippen LogP contribution >= 0.6 is 11.6 Å². The van der Waals surface area contributed by atoms with E-state index in [0.29, 0.717) is 34.2 Å². The van der Waals surface area contributed by atoms with Gasteiger partial charge in [-0.05, 0) is 72.1 Å². The van der Waals surface area contributed by atoms with Crippen molar-refractivity contribution in [3.05, 3.63) is 130 Å². The number of benzene rings is 3. The number of aryl methyl sites for hydroxylation is 1. The number of nitrogens with zero attached hydrogens (tertiary/aromatic N) is 2. The molecule has 2 heterocycles. The van der Waals surface area contributed by atoms with Crippen LogP contribution in [0.25, 0.3) is 5.76 Å². The van der Waals surface area contributed by atoms with Crippen molar-refractivity contribution in [1.29, 1.82) is 0 Å². The number of aromatic nitrogens is 1. The topological polar surface area (TPSA) is 79.7 Å². The van der Waals surface area contributed by atoms with Crippen molar-refractivity contribution in [1.82, 2.24) is 4.98 Å². The van der Waals surface area contributed by atoms with Gasteiger partial charge in [0.1, 0.15) is 18.1 Å². The summed E-state index contributed by atoms with van der Waals surface area (Å²) in [4.78, 5) is 32.0. The smallest absolute Gasteiger partial charge is 0.300 e. The predicted molar refractivity (Wildman–Crippen MR) is 142 cm³/mol. The zero-order valence-corrected chi connectivity index (χ0v) is 20.7. The fourth-order valence-corrected chi connectivity index (χ4v) is 4.62. The van der Waals surface area contributed by atoms with Gasteiger partial charge in [-0.3, -0.25) is 19.5 Å². The summed E-state index contributed by atoms with van der Waals surface area (Å²) in [6.45, 7) is 2.27. The van der Waals surface area contributed by atoms with Crippen LogP contribution in [-0.2, 0) is 16.2 Å². The number of hydrogen-bond donors (Lipinski definition) is 1. The third kappa shape index (κ3) is 4.84. The first-order valence-electron chi connectivity index (χ1n) is 11.7. The highest BCUT2D eigenvalue weighted by Gasteiger charge is 2.47. The molecule has 184 valence electrons. The van der Waals surface area contributed by atoms with Crippen LogP contribution in [0, 0.1) is 6.92 Å². The summed E-state index contributed by atoms with van der Waals surface area (Å²) in [6, 6.07) is 24.3. The molecule has 0 bridgehead atoms. The molecule has 1 aromatic heterocycles. The van der Waals surface area contributed by atoms with Gasteiger partial charge in [-0.2, -0.15) is 0 Å². The number of amides is 1. The first kappa shape index (κ1) is 24.3. The molecule has 4 aromatic rings. The molecule has 1 unspecified atom stereocenters. The maximum atomic E-state index is 13.3. The summed E-state index contributed by atoms with van der Waals surface area (Å²) in [5.41, 5.74) is 3.31. The lowest BCUT2D eigenvalue weighted by Gasteiger charge is -2.25. The molecule has 1 aliphatic rings. The summed E-state index contributed by atoms with van der Waals surface area (Å²) < 4.78 is 5.95. The molecule has 1 aliphatic heterocycles. The number of carbonyl (C=O) groups excluding carboxylic acids is 2. The molecule has 0 radical (unpaired) electrons. The maximum absolute atomic E-state index is 13.3. The lowest BCUT2D eigenvalue weighted by molar-refractivity contribution is -0.132. The Bertz CT molecular complexity index is 1500. The van der Waals surface area contributed by atoms with Crippen LogP contribution in [0.1, 0.15) is 28.3 Å². The van der Waals surface area contributed by atoms with Gasteiger partial charge in [0.15, 0.2) is 0 Å². The summed E-state index contributed by atoms with van der Waals surface area (Å²) in [5.74, 6) is -1.13. The highest BCUT2D eigenvalue weighted by atomic mass is 35.5. The molecule has 0 spiro atoms. The molecule has 5 rings (SSSR count). The largest absolute Gasteiger partial charge is 0.507 e. The average Bonchev–Trinajstić information content (AvgIpc) is 3.18. The van der Waals surface area contributed by atoms with Crippen molar-refractivity contribution in [2.75, 3.05) is 4.90 Å². The Morgan fingerprint density at radius 2 is 1.73 bits per heavy atom. The average molecular weight is 511 g/mol. The standard InChI is InChI=1S/C30H23ClN2O4/c1-19-16-22(10-11-25(19)37-18-20-6-3-2-4-7-20)28(34)26-27(21-12-14-32-15-13-21)33(30(36)29(26)35)24-9-5-8-23(31)17-24/h2-17,27,34H,18H2,1H3/b28-26+. The molecule has 1 fully saturated rings. The number of aliphatic hydroxyl groups is 1. The number of aliphatic hydroxyl groups excluding tert-OH is 1. The second-order valence-corrected chi connectivity index (χ2v) is 9.12. The minimum absolute atomic E-state index is 0.00599. The zero-order chi connectivity index (χ0) is 25.9. The number of ketones is 1. The second kappa shape index (κ2) is 10.3. The van der Waals surface area contributed by atoms with E-state index in [4.69, 9.17) is 16.3 Å². The van der Waals surface area contributed by atoms with E-state index < -0.39 is 17.7 Å². The quantitative estimate of drug-likeness (QED) is 0.188. The molecule has 37 heavy (non-hydrogen) atoms. The van der Waals surface area contributed by atoms with E-state index in [1.807, 2.05) is 37.3 Å². The molecule has 7 heteroatoms. The molecule has 6 nitrogen and oxygen atoms in total. The van der Waals surface area contributed by atoms with E-state index in [1.54, 1.807) is 67.0 Å². The van der Waals surface area contributed by atoms with Crippen LogP contribution < -0.4 is 9.64 Å². The Labute approximate surface area is 219 Å². The lowest BCUT2D eigenvalue weighted by Crippen LogP contribution is -2.29. The Balaban J connectivity index is 1.55. The second-order valence-electron chi connectivity index (χ2n) is 8.68. The van der Waals surface area contributed by atoms with Crippen molar-refractivity contribution >= 4 is 34.7 Å². The van der Waals surface area contributed by atoms with Gasteiger partial charge in [0.05, 0.1) is 11.6 Å². The molecular formula is C30H23ClN2O4. The van der Waals surface area contributed by atoms with Gasteiger partial charge < -0.3 is 9.84 Å². The number of halogens is 1. The molecule has 1 saturated heterocycles. The van der Waals surface area contributed by atoms with Crippen LogP contribution in [0.15, 0.2) is 103 Å². The first-order valence-corrected chi connectivity index (χ1v) is 12.1. The fraction of sp³-hybridized carbons (Fsp3) is 0.100. The van der Waals surface area contributed by atoms with E-state index >= 15 is 0 Å². The van der Waals surface area contributed by atoms with E-state index in [-0.39, 0.29) is 11.3 Å². The molecule has 0 aliphatic carbocycles. The fourth-order valence-electron chi connectivity index (χ4n) is 4.44. The van der Waals surface area contributed by atoms with E-state index in [2.05, 4.69) is 4.98 Å². The predicted octanol–water partition coefficient (Wildman–Crippen LogP) is 6.25. The highest BCUT2D eigenvalue weighted by Crippen LogP contribution is 2.42. The van der Waals surface area contributed by atoms with Crippen LogP contribution in [0.4, 0.5) is 5.69 Å². The molecular weight excluding hydrogens is 488 g/mol. The Kier molecular flexibility index (Phi) is 6.75. The molecule has 3 aromatic carbocycles. The molecule has 0 saturated carbocycles. The van der Waals surface area contributed by atoms with Gasteiger partial charge in [0.25, 0.3) is 11.7 Å². The minimum Gasteiger partial charge on any atom is -0.507 e. The summed E-state index contributed by atoms with van der Waals surface area (Å²) in [6.07, 6.45) is 3.16. The number of rotatable bonds is 6. The summed E-state index contributed by atoms with van der Waals surface area (Å²) in [7, 11) is 0. The van der Waals surface area contributed by atoms with Gasteiger partial charge in [-0.15, -0.1) is 0 Å². The monoisotopic (exact) mass is 510 g/mol. The first-order chi connectivity index (χ1) is 17.9. The Hall–Kier alpha value is -4.42. The van der Waals surface area contributed by atoms with Crippen molar-refractivity contribution in [2.45, 2.75) is 19.6 Å². The number of Topliss-reactive ketones (excluding diaryl/α,β-unsaturated/α-hetero) is 1. The van der Waals surface area contributed by atoms with Crippen molar-refractivity contribution < 1.29 is 19.4 Å². The van der Waals surface area contributed by atoms with Crippen LogP contribution in [0.2, 0.25) is 5.02 Å². The number of carbonyl (C=O) groups is 2. The summed E-state index contributed by atoms with van der Waals surface area (Å²) >= 11 is 6.19. The number of pyridine rings is 1. The highest BCUT2D eigenvalue weighted by molar-refractivity contribution is 6.51. The van der Waals surface area contributed by atoms with Crippen LogP contribution in [0.5, 0.6) is 5.75 Å². The van der Waals surface area contributed by atoms with Crippen molar-refractivity contribution in [3.63, 3.8) is 0 Å². The number of hydrogen-bond acceptors (Lipinski definition) is 5. The number of anilines is 1. The van der Waals surface area contributed by atoms with E-state index in [9.17, 15) is 14.7 Å². The van der Waals surface area contributed by atoms with Gasteiger partial charge in [-0.25, -0.2) is 0 Å². The van der Waals surface area contributed by atoms with Gasteiger partial charge in [0, 0.05) is 28.7 Å². The SMILES string of the molecule is Cc1cc(/C(O)=C2\C(=O)C(=O)N(c3cccc(Cl)c3)C2c2ccncc2)ccc1OCc1ccccc1. The van der Waals surface area contributed by atoms with E-state index in [0.717, 1.165) is 11.1 Å². The number of ether oxygens (including phenoxy) is 1.